The molecule has 19 heteroatoms. The van der Waals surface area contributed by atoms with Gasteiger partial charge in [-0.1, -0.05) is 6.58 Å². The Kier molecular flexibility index (Phi) is 7.80. The highest BCUT2D eigenvalue weighted by atomic mass is 19.4. The van der Waals surface area contributed by atoms with Crippen LogP contribution in [0.15, 0.2) is 24.2 Å². The first kappa shape index (κ1) is 29.9. The molecule has 0 heterocycles. The third-order valence-electron chi connectivity index (χ3n) is 3.31. The Morgan fingerprint density at radius 3 is 1.09 bits per heavy atom. The van der Waals surface area contributed by atoms with Gasteiger partial charge >= 0.3 is 42.2 Å². The summed E-state index contributed by atoms with van der Waals surface area (Å²) in [7, 11) is 0. The lowest BCUT2D eigenvalue weighted by Gasteiger charge is -2.41. The van der Waals surface area contributed by atoms with Gasteiger partial charge in [-0.05, 0) is 0 Å². The predicted octanol–water partition coefficient (Wildman–Crippen LogP) is 6.99. The first-order valence-electron chi connectivity index (χ1n) is 7.11. The number of hydrogen-bond donors (Lipinski definition) is 0. The van der Waals surface area contributed by atoms with Gasteiger partial charge in [0.2, 0.25) is 12.0 Å². The Morgan fingerprint density at radius 1 is 0.625 bits per heavy atom. The highest BCUT2D eigenvalue weighted by Crippen LogP contribution is 2.63. The summed E-state index contributed by atoms with van der Waals surface area (Å²) in [5.74, 6) is -4.58. The summed E-state index contributed by atoms with van der Waals surface area (Å²) in [6.07, 6.45) is -42.3. The summed E-state index contributed by atoms with van der Waals surface area (Å²) < 4.78 is 230. The SMILES string of the molecule is C=COC(C)OC(=C(C(F)(C(F)(F)F)C(F)(F)F)C(F)(C(F)(F)F)C(F)(F)F)C(F)(F)F. The van der Waals surface area contributed by atoms with E-state index < -0.39 is 59.8 Å². The molecule has 0 aliphatic rings. The van der Waals surface area contributed by atoms with Gasteiger partial charge in [0.1, 0.15) is 0 Å². The van der Waals surface area contributed by atoms with Crippen molar-refractivity contribution >= 4 is 0 Å². The zero-order chi connectivity index (χ0) is 26.4. The molecule has 0 saturated heterocycles. The molecule has 0 aliphatic carbocycles. The van der Waals surface area contributed by atoms with E-state index in [2.05, 4.69) is 16.1 Å². The van der Waals surface area contributed by atoms with Crippen molar-refractivity contribution in [1.82, 2.24) is 0 Å². The predicted molar refractivity (Wildman–Crippen MR) is 66.8 cm³/mol. The molecule has 0 saturated carbocycles. The molecule has 190 valence electrons. The molecule has 0 aromatic rings. The molecule has 0 bridgehead atoms. The van der Waals surface area contributed by atoms with E-state index in [9.17, 15) is 74.6 Å². The summed E-state index contributed by atoms with van der Waals surface area (Å²) in [5.41, 5.74) is -22.0. The molecule has 0 aromatic carbocycles. The Bertz CT molecular complexity index is 634. The van der Waals surface area contributed by atoms with E-state index in [-0.39, 0.29) is 13.2 Å². The zero-order valence-corrected chi connectivity index (χ0v) is 14.6. The van der Waals surface area contributed by atoms with Gasteiger partial charge in [-0.3, -0.25) is 0 Å². The Hall–Kier alpha value is -2.11. The molecule has 0 aromatic heterocycles. The summed E-state index contributed by atoms with van der Waals surface area (Å²) in [5, 5.41) is 0. The standard InChI is InChI=1S/C13H7F17O2/c1-3-31-4(2)32-6(9(16,17)18)5(7(14,10(19,20)21)11(22,23)24)8(15,12(25,26)27)13(28,29)30/h3-4H,1H2,2H3. The summed E-state index contributed by atoms with van der Waals surface area (Å²) in [4.78, 5) is 0. The number of alkyl halides is 17. The van der Waals surface area contributed by atoms with Gasteiger partial charge in [-0.2, -0.15) is 65.9 Å². The van der Waals surface area contributed by atoms with Crippen molar-refractivity contribution in [3.05, 3.63) is 24.2 Å². The molecule has 1 atom stereocenters. The van der Waals surface area contributed by atoms with E-state index in [4.69, 9.17) is 0 Å². The monoisotopic (exact) mass is 518 g/mol. The van der Waals surface area contributed by atoms with E-state index in [1.165, 1.54) is 0 Å². The smallest absolute Gasteiger partial charge is 0.449 e. The Morgan fingerprint density at radius 2 is 0.906 bits per heavy atom. The fourth-order valence-corrected chi connectivity index (χ4v) is 2.04. The van der Waals surface area contributed by atoms with Gasteiger partial charge in [0, 0.05) is 6.92 Å². The van der Waals surface area contributed by atoms with Crippen molar-refractivity contribution in [2.24, 2.45) is 0 Å². The van der Waals surface area contributed by atoms with Crippen LogP contribution in [0, 0.1) is 0 Å². The first-order valence-corrected chi connectivity index (χ1v) is 7.11. The molecule has 0 rings (SSSR count). The lowest BCUT2D eigenvalue weighted by atomic mass is 9.79. The third kappa shape index (κ3) is 5.10. The van der Waals surface area contributed by atoms with Gasteiger partial charge < -0.3 is 9.47 Å². The summed E-state index contributed by atoms with van der Waals surface area (Å²) in [6.45, 7) is 2.69. The van der Waals surface area contributed by atoms with Crippen LogP contribution in [0.1, 0.15) is 6.92 Å². The van der Waals surface area contributed by atoms with Gasteiger partial charge in [-0.25, -0.2) is 8.78 Å². The van der Waals surface area contributed by atoms with Crippen LogP contribution in [-0.2, 0) is 9.47 Å². The van der Waals surface area contributed by atoms with Crippen LogP contribution in [0.2, 0.25) is 0 Å². The fourth-order valence-electron chi connectivity index (χ4n) is 2.04. The molecule has 0 fully saturated rings. The first-order chi connectivity index (χ1) is 13.7. The van der Waals surface area contributed by atoms with Crippen LogP contribution < -0.4 is 0 Å². The highest BCUT2D eigenvalue weighted by molar-refractivity contribution is 5.40. The Balaban J connectivity index is 8.21. The van der Waals surface area contributed by atoms with Gasteiger partial charge in [0.15, 0.2) is 0 Å². The molecule has 0 spiro atoms. The van der Waals surface area contributed by atoms with E-state index in [0.29, 0.717) is 0 Å². The average molecular weight is 518 g/mol. The zero-order valence-electron chi connectivity index (χ0n) is 14.6. The molecule has 0 radical (unpaired) electrons. The second-order valence-electron chi connectivity index (χ2n) is 5.50. The van der Waals surface area contributed by atoms with Crippen molar-refractivity contribution in [3.8, 4) is 0 Å². The molecule has 1 unspecified atom stereocenters. The minimum atomic E-state index is -8.21. The average Bonchev–Trinajstić information content (AvgIpc) is 2.48. The van der Waals surface area contributed by atoms with Crippen molar-refractivity contribution in [3.63, 3.8) is 0 Å². The maximum atomic E-state index is 14.3. The van der Waals surface area contributed by atoms with Crippen LogP contribution >= 0.6 is 0 Å². The van der Waals surface area contributed by atoms with E-state index >= 15 is 0 Å². The van der Waals surface area contributed by atoms with Crippen LogP contribution in [0.25, 0.3) is 0 Å². The maximum absolute atomic E-state index is 14.3. The molecule has 32 heavy (non-hydrogen) atoms. The second-order valence-corrected chi connectivity index (χ2v) is 5.50. The molecule has 2 nitrogen and oxygen atoms in total. The molecule has 0 aliphatic heterocycles. The quantitative estimate of drug-likeness (QED) is 0.215. The third-order valence-corrected chi connectivity index (χ3v) is 3.31. The largest absolute Gasteiger partial charge is 0.463 e. The molecular formula is C13H7F17O2. The molecular weight excluding hydrogens is 511 g/mol. The number of halogens is 17. The number of allylic oxidation sites excluding steroid dienone is 2. The lowest BCUT2D eigenvalue weighted by Crippen LogP contribution is -2.66. The van der Waals surface area contributed by atoms with E-state index in [1.54, 1.807) is 0 Å². The number of ether oxygens (including phenoxy) is 2. The summed E-state index contributed by atoms with van der Waals surface area (Å²) in [6, 6.07) is 0. The van der Waals surface area contributed by atoms with Gasteiger partial charge in [0.25, 0.3) is 0 Å². The topological polar surface area (TPSA) is 18.5 Å². The van der Waals surface area contributed by atoms with Crippen molar-refractivity contribution in [1.29, 1.82) is 0 Å². The van der Waals surface area contributed by atoms with Crippen LogP contribution in [0.5, 0.6) is 0 Å². The van der Waals surface area contributed by atoms with Crippen molar-refractivity contribution in [2.45, 2.75) is 55.4 Å². The van der Waals surface area contributed by atoms with E-state index in [1.807, 2.05) is 0 Å². The minimum Gasteiger partial charge on any atom is -0.463 e. The lowest BCUT2D eigenvalue weighted by molar-refractivity contribution is -0.366. The maximum Gasteiger partial charge on any atom is 0.449 e. The second kappa shape index (κ2) is 8.35. The van der Waals surface area contributed by atoms with Crippen molar-refractivity contribution in [2.75, 3.05) is 0 Å². The molecule has 0 N–H and O–H groups in total. The van der Waals surface area contributed by atoms with Crippen LogP contribution in [-0.4, -0.2) is 48.5 Å². The number of hydrogen-bond acceptors (Lipinski definition) is 2. The minimum absolute atomic E-state index is 0.0325. The van der Waals surface area contributed by atoms with Gasteiger partial charge in [-0.15, -0.1) is 0 Å². The summed E-state index contributed by atoms with van der Waals surface area (Å²) >= 11 is 0. The van der Waals surface area contributed by atoms with Crippen LogP contribution in [0.4, 0.5) is 74.6 Å². The molecule has 0 amide bonds. The van der Waals surface area contributed by atoms with E-state index in [0.717, 1.165) is 0 Å². The fraction of sp³-hybridized carbons (Fsp3) is 0.692. The highest BCUT2D eigenvalue weighted by Gasteiger charge is 2.88. The van der Waals surface area contributed by atoms with Crippen LogP contribution in [0.3, 0.4) is 0 Å². The Labute approximate surface area is 165 Å². The van der Waals surface area contributed by atoms with Gasteiger partial charge in [0.05, 0.1) is 11.8 Å². The van der Waals surface area contributed by atoms with Crippen molar-refractivity contribution < 1.29 is 84.1 Å². The number of rotatable bonds is 6. The normalized spacial score (nSPS) is 15.8.